The number of rotatable bonds is 6. The fraction of sp³-hybridized carbons (Fsp3) is 0.167. The Morgan fingerprint density at radius 1 is 0.972 bits per heavy atom. The van der Waals surface area contributed by atoms with Gasteiger partial charge in [-0.05, 0) is 73.4 Å². The van der Waals surface area contributed by atoms with Crippen LogP contribution in [-0.2, 0) is 10.2 Å². The Hall–Kier alpha value is -3.96. The fourth-order valence-corrected chi connectivity index (χ4v) is 4.62. The molecule has 5 aromatic rings. The fourth-order valence-electron chi connectivity index (χ4n) is 4.39. The van der Waals surface area contributed by atoms with E-state index < -0.39 is 5.41 Å². The molecule has 0 radical (unpaired) electrons. The van der Waals surface area contributed by atoms with Gasteiger partial charge in [0.25, 0.3) is 0 Å². The van der Waals surface area contributed by atoms with Gasteiger partial charge in [-0.15, -0.1) is 0 Å². The topological polar surface area (TPSA) is 68.0 Å². The summed E-state index contributed by atoms with van der Waals surface area (Å²) in [4.78, 5) is 21.9. The van der Waals surface area contributed by atoms with E-state index in [1.165, 1.54) is 6.33 Å². The van der Waals surface area contributed by atoms with Crippen LogP contribution < -0.4 is 5.32 Å². The van der Waals surface area contributed by atoms with E-state index in [2.05, 4.69) is 15.3 Å². The number of halogens is 1. The molecule has 180 valence electrons. The molecule has 0 bridgehead atoms. The van der Waals surface area contributed by atoms with Crippen molar-refractivity contribution >= 4 is 28.5 Å². The van der Waals surface area contributed by atoms with Crippen LogP contribution >= 0.6 is 11.6 Å². The number of benzene rings is 3. The average Bonchev–Trinajstić information content (AvgIpc) is 3.32. The zero-order chi connectivity index (χ0) is 25.3. The second-order valence-electron chi connectivity index (χ2n) is 9.43. The molecule has 1 atom stereocenters. The predicted molar refractivity (Wildman–Crippen MR) is 143 cm³/mol. The first-order valence-corrected chi connectivity index (χ1v) is 12.1. The lowest BCUT2D eigenvalue weighted by atomic mass is 9.82. The van der Waals surface area contributed by atoms with Crippen LogP contribution in [0.15, 0.2) is 95.9 Å². The number of furan rings is 1. The third kappa shape index (κ3) is 4.62. The minimum Gasteiger partial charge on any atom is -0.456 e. The monoisotopic (exact) mass is 495 g/mol. The largest absolute Gasteiger partial charge is 0.456 e. The van der Waals surface area contributed by atoms with Crippen molar-refractivity contribution in [2.45, 2.75) is 32.2 Å². The first-order valence-electron chi connectivity index (χ1n) is 11.7. The van der Waals surface area contributed by atoms with E-state index in [-0.39, 0.29) is 11.9 Å². The van der Waals surface area contributed by atoms with Crippen LogP contribution in [0.1, 0.15) is 42.1 Å². The van der Waals surface area contributed by atoms with Gasteiger partial charge >= 0.3 is 0 Å². The summed E-state index contributed by atoms with van der Waals surface area (Å²) in [5, 5.41) is 4.89. The highest BCUT2D eigenvalue weighted by Crippen LogP contribution is 2.33. The van der Waals surface area contributed by atoms with Crippen LogP contribution in [0.25, 0.3) is 22.3 Å². The third-order valence-corrected chi connectivity index (χ3v) is 6.84. The number of aryl methyl sites for hydroxylation is 1. The number of nitrogens with one attached hydrogen (secondary N) is 1. The van der Waals surface area contributed by atoms with Gasteiger partial charge in [-0.2, -0.15) is 0 Å². The van der Waals surface area contributed by atoms with Crippen molar-refractivity contribution < 1.29 is 9.21 Å². The first-order chi connectivity index (χ1) is 17.3. The SMILES string of the molecule is Cc1cc(Cl)ccc1C(NC(=O)C(C)(C)c1ccc2oc(-c3cncnc3)cc2c1)c1ccccc1. The molecule has 0 spiro atoms. The summed E-state index contributed by atoms with van der Waals surface area (Å²) < 4.78 is 5.99. The van der Waals surface area contributed by atoms with Gasteiger partial charge in [0.15, 0.2) is 0 Å². The van der Waals surface area contributed by atoms with Crippen LogP contribution in [0, 0.1) is 6.92 Å². The molecular formula is C30H26ClN3O2. The number of carbonyl (C=O) groups excluding carboxylic acids is 1. The smallest absolute Gasteiger partial charge is 0.230 e. The quantitative estimate of drug-likeness (QED) is 0.274. The highest BCUT2D eigenvalue weighted by Gasteiger charge is 2.33. The Balaban J connectivity index is 1.47. The Morgan fingerprint density at radius 3 is 2.44 bits per heavy atom. The van der Waals surface area contributed by atoms with Gasteiger partial charge in [0, 0.05) is 22.8 Å². The number of hydrogen-bond donors (Lipinski definition) is 1. The molecule has 0 aliphatic heterocycles. The summed E-state index contributed by atoms with van der Waals surface area (Å²) in [5.41, 5.74) is 4.68. The summed E-state index contributed by atoms with van der Waals surface area (Å²) in [6, 6.07) is 23.3. The molecule has 5 nitrogen and oxygen atoms in total. The van der Waals surface area contributed by atoms with Crippen molar-refractivity contribution in [2.24, 2.45) is 0 Å². The van der Waals surface area contributed by atoms with E-state index in [0.717, 1.165) is 38.8 Å². The Morgan fingerprint density at radius 2 is 1.72 bits per heavy atom. The van der Waals surface area contributed by atoms with E-state index in [9.17, 15) is 4.79 Å². The second kappa shape index (κ2) is 9.59. The molecule has 2 aromatic heterocycles. The van der Waals surface area contributed by atoms with Gasteiger partial charge in [-0.3, -0.25) is 4.79 Å². The van der Waals surface area contributed by atoms with Crippen molar-refractivity contribution in [3.63, 3.8) is 0 Å². The number of carbonyl (C=O) groups is 1. The molecule has 3 aromatic carbocycles. The summed E-state index contributed by atoms with van der Waals surface area (Å²) >= 11 is 6.21. The van der Waals surface area contributed by atoms with Crippen LogP contribution in [0.4, 0.5) is 0 Å². The molecule has 1 amide bonds. The zero-order valence-electron chi connectivity index (χ0n) is 20.3. The zero-order valence-corrected chi connectivity index (χ0v) is 21.1. The van der Waals surface area contributed by atoms with Crippen molar-refractivity contribution in [1.29, 1.82) is 0 Å². The average molecular weight is 496 g/mol. The lowest BCUT2D eigenvalue weighted by Crippen LogP contribution is -2.42. The van der Waals surface area contributed by atoms with Gasteiger partial charge in [0.2, 0.25) is 5.91 Å². The number of fused-ring (bicyclic) bond motifs is 1. The van der Waals surface area contributed by atoms with E-state index in [4.69, 9.17) is 16.0 Å². The number of amides is 1. The molecule has 0 aliphatic rings. The standard InChI is InChI=1S/C30H26ClN3O2/c1-19-13-24(31)10-11-25(19)28(20-7-5-4-6-8-20)34-29(35)30(2,3)23-9-12-26-21(14-23)15-27(36-26)22-16-32-18-33-17-22/h4-18,28H,1-3H3,(H,34,35). The Bertz CT molecular complexity index is 1530. The molecule has 1 unspecified atom stereocenters. The molecule has 0 fully saturated rings. The maximum absolute atomic E-state index is 13.8. The van der Waals surface area contributed by atoms with Gasteiger partial charge in [-0.25, -0.2) is 9.97 Å². The molecule has 2 heterocycles. The lowest BCUT2D eigenvalue weighted by Gasteiger charge is -2.29. The predicted octanol–water partition coefficient (Wildman–Crippen LogP) is 7.04. The summed E-state index contributed by atoms with van der Waals surface area (Å²) in [7, 11) is 0. The van der Waals surface area contributed by atoms with Crippen molar-refractivity contribution in [1.82, 2.24) is 15.3 Å². The highest BCUT2D eigenvalue weighted by atomic mass is 35.5. The molecule has 1 N–H and O–H groups in total. The Labute approximate surface area is 215 Å². The van der Waals surface area contributed by atoms with Crippen LogP contribution in [-0.4, -0.2) is 15.9 Å². The maximum atomic E-state index is 13.8. The van der Waals surface area contributed by atoms with Gasteiger partial charge in [-0.1, -0.05) is 54.1 Å². The highest BCUT2D eigenvalue weighted by molar-refractivity contribution is 6.30. The van der Waals surface area contributed by atoms with E-state index >= 15 is 0 Å². The van der Waals surface area contributed by atoms with Crippen molar-refractivity contribution in [3.8, 4) is 11.3 Å². The Kier molecular flexibility index (Phi) is 6.33. The first kappa shape index (κ1) is 23.8. The van der Waals surface area contributed by atoms with Crippen molar-refractivity contribution in [3.05, 3.63) is 119 Å². The van der Waals surface area contributed by atoms with E-state index in [1.54, 1.807) is 12.4 Å². The number of aromatic nitrogens is 2. The third-order valence-electron chi connectivity index (χ3n) is 6.60. The van der Waals surface area contributed by atoms with Crippen LogP contribution in [0.2, 0.25) is 5.02 Å². The molecule has 6 heteroatoms. The molecular weight excluding hydrogens is 470 g/mol. The maximum Gasteiger partial charge on any atom is 0.230 e. The number of nitrogens with zero attached hydrogens (tertiary/aromatic N) is 2. The minimum absolute atomic E-state index is 0.0785. The summed E-state index contributed by atoms with van der Waals surface area (Å²) in [6.07, 6.45) is 4.91. The van der Waals surface area contributed by atoms with Crippen molar-refractivity contribution in [2.75, 3.05) is 0 Å². The van der Waals surface area contributed by atoms with Crippen LogP contribution in [0.5, 0.6) is 0 Å². The summed E-state index contributed by atoms with van der Waals surface area (Å²) in [6.45, 7) is 5.88. The van der Waals surface area contributed by atoms with E-state index in [1.807, 2.05) is 93.6 Å². The van der Waals surface area contributed by atoms with Crippen LogP contribution in [0.3, 0.4) is 0 Å². The minimum atomic E-state index is -0.797. The molecule has 0 saturated carbocycles. The van der Waals surface area contributed by atoms with Gasteiger partial charge in [0.1, 0.15) is 17.7 Å². The molecule has 5 rings (SSSR count). The van der Waals surface area contributed by atoms with E-state index in [0.29, 0.717) is 10.8 Å². The van der Waals surface area contributed by atoms with Gasteiger partial charge in [0.05, 0.1) is 17.0 Å². The summed E-state index contributed by atoms with van der Waals surface area (Å²) in [5.74, 6) is 0.609. The lowest BCUT2D eigenvalue weighted by molar-refractivity contribution is -0.126. The molecule has 36 heavy (non-hydrogen) atoms. The number of hydrogen-bond acceptors (Lipinski definition) is 4. The molecule has 0 aliphatic carbocycles. The van der Waals surface area contributed by atoms with Gasteiger partial charge < -0.3 is 9.73 Å². The normalized spacial score (nSPS) is 12.4. The molecule has 0 saturated heterocycles. The second-order valence-corrected chi connectivity index (χ2v) is 9.87.